The van der Waals surface area contributed by atoms with Gasteiger partial charge in [0, 0.05) is 25.9 Å². The highest BCUT2D eigenvalue weighted by molar-refractivity contribution is 5.82. The Labute approximate surface area is 135 Å². The lowest BCUT2D eigenvalue weighted by atomic mass is 10.0. The Morgan fingerprint density at radius 1 is 1.09 bits per heavy atom. The molecule has 2 saturated heterocycles. The summed E-state index contributed by atoms with van der Waals surface area (Å²) in [6, 6.07) is 7.43. The average Bonchev–Trinajstić information content (AvgIpc) is 2.62. The fourth-order valence-electron chi connectivity index (χ4n) is 3.32. The van der Waals surface area contributed by atoms with E-state index in [2.05, 4.69) is 0 Å². The van der Waals surface area contributed by atoms with Crippen molar-refractivity contribution in [3.63, 3.8) is 0 Å². The van der Waals surface area contributed by atoms with Crippen LogP contribution in [-0.2, 0) is 14.3 Å². The maximum atomic E-state index is 12.7. The summed E-state index contributed by atoms with van der Waals surface area (Å²) in [6.07, 6.45) is 1.79. The second-order valence-corrected chi connectivity index (χ2v) is 6.15. The number of nitrogens with zero attached hydrogens (tertiary/aromatic N) is 1. The van der Waals surface area contributed by atoms with E-state index in [0.717, 1.165) is 19.6 Å². The molecule has 1 spiro atoms. The first kappa shape index (κ1) is 14.8. The second kappa shape index (κ2) is 6.02. The third kappa shape index (κ3) is 2.88. The Bertz CT molecular complexity index is 574. The molecule has 0 radical (unpaired) electrons. The standard InChI is InChI=1S/C17H21NO5/c19-16(15-12-20-13-4-1-2-5-14(13)23-15)18-8-6-17(7-9-18)21-10-3-11-22-17/h1-2,4-5,15H,3,6-12H2/t15-/m0/s1. The molecule has 0 aromatic heterocycles. The molecule has 1 aromatic rings. The molecule has 0 saturated carbocycles. The Kier molecular flexibility index (Phi) is 3.87. The highest BCUT2D eigenvalue weighted by Gasteiger charge is 2.41. The highest BCUT2D eigenvalue weighted by atomic mass is 16.7. The number of carbonyl (C=O) groups excluding carboxylic acids is 1. The molecule has 23 heavy (non-hydrogen) atoms. The van der Waals surface area contributed by atoms with Gasteiger partial charge in [0.15, 0.2) is 17.3 Å². The predicted octanol–water partition coefficient (Wildman–Crippen LogP) is 1.58. The van der Waals surface area contributed by atoms with Crippen LogP contribution in [0.4, 0.5) is 0 Å². The fourth-order valence-corrected chi connectivity index (χ4v) is 3.32. The van der Waals surface area contributed by atoms with Crippen LogP contribution in [0.3, 0.4) is 0 Å². The van der Waals surface area contributed by atoms with E-state index in [-0.39, 0.29) is 12.5 Å². The lowest BCUT2D eigenvalue weighted by Gasteiger charge is -2.44. The summed E-state index contributed by atoms with van der Waals surface area (Å²) < 4.78 is 23.1. The maximum Gasteiger partial charge on any atom is 0.267 e. The van der Waals surface area contributed by atoms with Crippen LogP contribution in [0.15, 0.2) is 24.3 Å². The Balaban J connectivity index is 1.37. The van der Waals surface area contributed by atoms with Crippen molar-refractivity contribution in [2.24, 2.45) is 0 Å². The zero-order valence-electron chi connectivity index (χ0n) is 13.0. The molecule has 0 N–H and O–H groups in total. The van der Waals surface area contributed by atoms with Gasteiger partial charge in [-0.05, 0) is 18.6 Å². The van der Waals surface area contributed by atoms with Crippen molar-refractivity contribution in [3.05, 3.63) is 24.3 Å². The summed E-state index contributed by atoms with van der Waals surface area (Å²) in [6.45, 7) is 2.99. The molecule has 3 heterocycles. The van der Waals surface area contributed by atoms with Crippen LogP contribution < -0.4 is 9.47 Å². The summed E-state index contributed by atoms with van der Waals surface area (Å²) in [5.74, 6) is 0.818. The van der Waals surface area contributed by atoms with Gasteiger partial charge in [-0.2, -0.15) is 0 Å². The summed E-state index contributed by atoms with van der Waals surface area (Å²) in [7, 11) is 0. The summed E-state index contributed by atoms with van der Waals surface area (Å²) in [5, 5.41) is 0. The maximum absolute atomic E-state index is 12.7. The molecule has 3 aliphatic rings. The van der Waals surface area contributed by atoms with Gasteiger partial charge < -0.3 is 23.8 Å². The zero-order chi connectivity index (χ0) is 15.7. The third-order valence-corrected chi connectivity index (χ3v) is 4.64. The number of fused-ring (bicyclic) bond motifs is 1. The van der Waals surface area contributed by atoms with Crippen LogP contribution in [0, 0.1) is 0 Å². The van der Waals surface area contributed by atoms with Gasteiger partial charge in [-0.25, -0.2) is 0 Å². The van der Waals surface area contributed by atoms with Crippen molar-refractivity contribution in [1.82, 2.24) is 4.90 Å². The van der Waals surface area contributed by atoms with Gasteiger partial charge in [0.05, 0.1) is 13.2 Å². The van der Waals surface area contributed by atoms with E-state index in [9.17, 15) is 4.79 Å². The van der Waals surface area contributed by atoms with Crippen LogP contribution in [0.1, 0.15) is 19.3 Å². The minimum absolute atomic E-state index is 0.0230. The molecule has 124 valence electrons. The van der Waals surface area contributed by atoms with Crippen molar-refractivity contribution in [2.75, 3.05) is 32.9 Å². The van der Waals surface area contributed by atoms with Crippen LogP contribution in [0.5, 0.6) is 11.5 Å². The monoisotopic (exact) mass is 319 g/mol. The van der Waals surface area contributed by atoms with Crippen LogP contribution in [-0.4, -0.2) is 55.6 Å². The number of para-hydroxylation sites is 2. The van der Waals surface area contributed by atoms with Crippen molar-refractivity contribution >= 4 is 5.91 Å². The molecule has 1 atom stereocenters. The van der Waals surface area contributed by atoms with Gasteiger partial charge in [-0.1, -0.05) is 12.1 Å². The molecule has 6 heteroatoms. The zero-order valence-corrected chi connectivity index (χ0v) is 13.0. The van der Waals surface area contributed by atoms with Crippen LogP contribution >= 0.6 is 0 Å². The van der Waals surface area contributed by atoms with E-state index in [4.69, 9.17) is 18.9 Å². The van der Waals surface area contributed by atoms with Crippen molar-refractivity contribution in [3.8, 4) is 11.5 Å². The molecule has 0 unspecified atom stereocenters. The molecule has 2 fully saturated rings. The lowest BCUT2D eigenvalue weighted by Crippen LogP contribution is -2.55. The summed E-state index contributed by atoms with van der Waals surface area (Å²) in [5.41, 5.74) is 0. The smallest absolute Gasteiger partial charge is 0.267 e. The van der Waals surface area contributed by atoms with Crippen LogP contribution in [0.2, 0.25) is 0 Å². The minimum Gasteiger partial charge on any atom is -0.485 e. The Morgan fingerprint density at radius 2 is 1.78 bits per heavy atom. The molecule has 1 amide bonds. The number of hydrogen-bond donors (Lipinski definition) is 0. The van der Waals surface area contributed by atoms with Crippen molar-refractivity contribution in [2.45, 2.75) is 31.2 Å². The first-order valence-corrected chi connectivity index (χ1v) is 8.21. The van der Waals surface area contributed by atoms with Crippen molar-refractivity contribution < 1.29 is 23.7 Å². The normalized spacial score (nSPS) is 26.1. The number of likely N-dealkylation sites (tertiary alicyclic amines) is 1. The van der Waals surface area contributed by atoms with E-state index in [1.165, 1.54) is 0 Å². The van der Waals surface area contributed by atoms with Gasteiger partial charge >= 0.3 is 0 Å². The topological polar surface area (TPSA) is 57.2 Å². The van der Waals surface area contributed by atoms with E-state index >= 15 is 0 Å². The second-order valence-electron chi connectivity index (χ2n) is 6.15. The summed E-state index contributed by atoms with van der Waals surface area (Å²) in [4.78, 5) is 14.5. The quantitative estimate of drug-likeness (QED) is 0.787. The predicted molar refractivity (Wildman–Crippen MR) is 81.4 cm³/mol. The van der Waals surface area contributed by atoms with Gasteiger partial charge in [-0.3, -0.25) is 4.79 Å². The molecular formula is C17H21NO5. The first-order chi connectivity index (χ1) is 11.3. The number of benzene rings is 1. The summed E-state index contributed by atoms with van der Waals surface area (Å²) >= 11 is 0. The highest BCUT2D eigenvalue weighted by Crippen LogP contribution is 2.33. The Morgan fingerprint density at radius 3 is 2.52 bits per heavy atom. The van der Waals surface area contributed by atoms with E-state index in [0.29, 0.717) is 37.4 Å². The molecule has 3 aliphatic heterocycles. The molecule has 4 rings (SSSR count). The molecule has 6 nitrogen and oxygen atoms in total. The molecular weight excluding hydrogens is 298 g/mol. The number of hydrogen-bond acceptors (Lipinski definition) is 5. The number of rotatable bonds is 1. The van der Waals surface area contributed by atoms with E-state index in [1.807, 2.05) is 29.2 Å². The molecule has 1 aromatic carbocycles. The number of piperidine rings is 1. The minimum atomic E-state index is -0.577. The van der Waals surface area contributed by atoms with E-state index < -0.39 is 11.9 Å². The SMILES string of the molecule is O=C([C@@H]1COc2ccccc2O1)N1CCC2(CC1)OCCCO2. The van der Waals surface area contributed by atoms with Gasteiger partial charge in [0.2, 0.25) is 6.10 Å². The fraction of sp³-hybridized carbons (Fsp3) is 0.588. The van der Waals surface area contributed by atoms with E-state index in [1.54, 1.807) is 0 Å². The van der Waals surface area contributed by atoms with Gasteiger partial charge in [0.1, 0.15) is 6.61 Å². The molecule has 0 aliphatic carbocycles. The number of amides is 1. The number of ether oxygens (including phenoxy) is 4. The third-order valence-electron chi connectivity index (χ3n) is 4.64. The molecule has 0 bridgehead atoms. The Hall–Kier alpha value is -1.79. The van der Waals surface area contributed by atoms with Gasteiger partial charge in [-0.15, -0.1) is 0 Å². The largest absolute Gasteiger partial charge is 0.485 e. The lowest BCUT2D eigenvalue weighted by molar-refractivity contribution is -0.283. The average molecular weight is 319 g/mol. The van der Waals surface area contributed by atoms with Crippen molar-refractivity contribution in [1.29, 1.82) is 0 Å². The number of carbonyl (C=O) groups is 1. The van der Waals surface area contributed by atoms with Gasteiger partial charge in [0.25, 0.3) is 5.91 Å². The van der Waals surface area contributed by atoms with Crippen LogP contribution in [0.25, 0.3) is 0 Å². The first-order valence-electron chi connectivity index (χ1n) is 8.21.